The van der Waals surface area contributed by atoms with Crippen molar-refractivity contribution in [3.63, 3.8) is 0 Å². The summed E-state index contributed by atoms with van der Waals surface area (Å²) in [5, 5.41) is 26.0. The molecular formula is C63H89N7O19P2S2. The summed E-state index contributed by atoms with van der Waals surface area (Å²) in [4.78, 5) is 61.2. The minimum absolute atomic E-state index is 0. The first-order valence-electron chi connectivity index (χ1n) is 29.8. The van der Waals surface area contributed by atoms with E-state index in [4.69, 9.17) is 58.0 Å². The van der Waals surface area contributed by atoms with Gasteiger partial charge in [0, 0.05) is 83.5 Å². The Morgan fingerprint density at radius 2 is 1.05 bits per heavy atom. The maximum atomic E-state index is 13.8. The highest BCUT2D eigenvalue weighted by Crippen LogP contribution is 2.48. The molecule has 0 radical (unpaired) electrons. The molecule has 30 heteroatoms. The van der Waals surface area contributed by atoms with E-state index in [1.807, 2.05) is 148 Å². The first-order valence-corrected chi connectivity index (χ1v) is 34.8. The molecule has 6 aliphatic rings. The van der Waals surface area contributed by atoms with Gasteiger partial charge in [-0.15, -0.1) is 0 Å². The van der Waals surface area contributed by atoms with Crippen LogP contribution in [0.4, 0.5) is 5.69 Å². The number of nitro benzene ring substituents is 1. The van der Waals surface area contributed by atoms with Gasteiger partial charge < -0.3 is 59.3 Å². The van der Waals surface area contributed by atoms with Crippen LogP contribution in [0.15, 0.2) is 133 Å². The van der Waals surface area contributed by atoms with E-state index < -0.39 is 91.5 Å². The number of non-ortho nitro benzene ring substituents is 1. The van der Waals surface area contributed by atoms with Gasteiger partial charge in [0.05, 0.1) is 31.4 Å². The second kappa shape index (κ2) is 33.4. The van der Waals surface area contributed by atoms with Crippen molar-refractivity contribution in [2.75, 3.05) is 37.9 Å². The molecule has 3 aromatic rings. The molecule has 0 saturated carbocycles. The standard InChI is InChI=1S/C28H40N3O8PS.C20H25N2O6PS.C14H20N2O5.CH4/c1-27(2,3)26(33)41-15-14-35-40(34,30-16-19-10-7-6-8-11-19)36-18-21-22-23(39-28(4,5)38-22)25(37-21)31-13-9-12-20(17-31)24(29)32;1-20(2,3)19(23)30-14-13-27-29(26,21-15-16-7-5-4-6-8-16)28-18-11-9-17(10-12-18)22(24)25;1-14(2)20-10-9(7-17)19-13(11(10)21-14)16-5-3-4-8(6-16)12(15)18;/h6-11,13,17,21-23,25H,12,14-16,18H2,1-5H3,(H2,29,32)(H,30,34);4-12H,13-15H2,1-3H3,(H,21,26);3,5-6,9-11,13,17H,4,7H2,1-2H3,(H2,15,18);1H4. The number of nitro groups is 1. The van der Waals surface area contributed by atoms with Crippen LogP contribution in [-0.2, 0) is 83.4 Å². The number of carbonyl (C=O) groups is 4. The fraction of sp³-hybridized carbons (Fsp3) is 0.524. The Hall–Kier alpha value is -5.62. The highest BCUT2D eigenvalue weighted by Gasteiger charge is 2.58. The summed E-state index contributed by atoms with van der Waals surface area (Å²) in [7, 11) is -7.62. The fourth-order valence-electron chi connectivity index (χ4n) is 9.63. The third kappa shape index (κ3) is 22.5. The second-order valence-corrected chi connectivity index (χ2v) is 30.5. The number of hydrogen-bond acceptors (Lipinski definition) is 23. The lowest BCUT2D eigenvalue weighted by atomic mass is 9.99. The maximum Gasteiger partial charge on any atom is 0.459 e. The zero-order chi connectivity index (χ0) is 67.2. The number of hydrogen-bond donors (Lipinski definition) is 5. The van der Waals surface area contributed by atoms with Gasteiger partial charge in [-0.05, 0) is 63.8 Å². The topological polar surface area (TPSA) is 341 Å². The second-order valence-electron chi connectivity index (χ2n) is 24.8. The van der Waals surface area contributed by atoms with E-state index in [2.05, 4.69) is 10.2 Å². The van der Waals surface area contributed by atoms with Crippen LogP contribution in [0.1, 0.15) is 101 Å². The van der Waals surface area contributed by atoms with Gasteiger partial charge in [-0.2, -0.15) is 0 Å². The van der Waals surface area contributed by atoms with Crippen molar-refractivity contribution in [1.29, 1.82) is 0 Å². The number of fused-ring (bicyclic) bond motifs is 2. The van der Waals surface area contributed by atoms with Gasteiger partial charge in [-0.25, -0.2) is 19.3 Å². The average molecular weight is 1370 g/mol. The lowest BCUT2D eigenvalue weighted by Gasteiger charge is -2.31. The predicted molar refractivity (Wildman–Crippen MR) is 352 cm³/mol. The fourth-order valence-corrected chi connectivity index (χ4v) is 14.1. The van der Waals surface area contributed by atoms with Gasteiger partial charge in [0.2, 0.25) is 11.8 Å². The van der Waals surface area contributed by atoms with Gasteiger partial charge in [0.15, 0.2) is 34.3 Å². The zero-order valence-electron chi connectivity index (χ0n) is 53.2. The summed E-state index contributed by atoms with van der Waals surface area (Å²) in [5.74, 6) is -1.76. The number of aliphatic hydroxyl groups is 1. The molecule has 10 unspecified atom stereocenters. The van der Waals surface area contributed by atoms with Crippen LogP contribution >= 0.6 is 39.0 Å². The molecule has 3 aromatic carbocycles. The molecule has 6 heterocycles. The molecule has 0 aromatic heterocycles. The van der Waals surface area contributed by atoms with Crippen molar-refractivity contribution in [2.24, 2.45) is 22.3 Å². The number of allylic oxidation sites excluding steroid dienone is 2. The van der Waals surface area contributed by atoms with E-state index in [9.17, 15) is 43.5 Å². The van der Waals surface area contributed by atoms with Crippen molar-refractivity contribution in [3.05, 3.63) is 154 Å². The summed E-state index contributed by atoms with van der Waals surface area (Å²) in [6, 6.07) is 24.0. The summed E-state index contributed by atoms with van der Waals surface area (Å²) in [5.41, 5.74) is 12.5. The van der Waals surface area contributed by atoms with Crippen molar-refractivity contribution in [2.45, 2.75) is 163 Å². The zero-order valence-corrected chi connectivity index (χ0v) is 56.7. The molecule has 93 heavy (non-hydrogen) atoms. The predicted octanol–water partition coefficient (Wildman–Crippen LogP) is 9.70. The normalized spacial score (nSPS) is 24.6. The Labute approximate surface area is 552 Å². The van der Waals surface area contributed by atoms with Crippen LogP contribution in [0.5, 0.6) is 5.75 Å². The number of rotatable bonds is 25. The Bertz CT molecular complexity index is 3260. The first-order chi connectivity index (χ1) is 43.3. The van der Waals surface area contributed by atoms with E-state index in [0.29, 0.717) is 35.5 Å². The Kier molecular flexibility index (Phi) is 27.4. The molecule has 0 bridgehead atoms. The number of carbonyl (C=O) groups excluding carboxylic acids is 4. The van der Waals surface area contributed by atoms with E-state index in [1.165, 1.54) is 24.3 Å². The van der Waals surface area contributed by atoms with Gasteiger partial charge in [-0.1, -0.05) is 145 Å². The molecule has 0 spiro atoms. The number of benzene rings is 3. The summed E-state index contributed by atoms with van der Waals surface area (Å²) in [6.07, 6.45) is 7.61. The quantitative estimate of drug-likeness (QED) is 0.0228. The first kappa shape index (κ1) is 76.4. The number of nitrogens with zero attached hydrogens (tertiary/aromatic N) is 3. The molecular weight excluding hydrogens is 1280 g/mol. The van der Waals surface area contributed by atoms with E-state index in [-0.39, 0.29) is 80.8 Å². The van der Waals surface area contributed by atoms with Crippen molar-refractivity contribution in [1.82, 2.24) is 20.0 Å². The van der Waals surface area contributed by atoms with E-state index in [0.717, 1.165) is 34.7 Å². The maximum absolute atomic E-state index is 13.8. The molecule has 4 fully saturated rings. The largest absolute Gasteiger partial charge is 0.459 e. The average Bonchev–Trinajstić information content (AvgIpc) is 1.61. The Morgan fingerprint density at radius 3 is 1.47 bits per heavy atom. The molecule has 10 atom stereocenters. The summed E-state index contributed by atoms with van der Waals surface area (Å²) >= 11 is 2.24. The number of nitrogens with two attached hydrogens (primary N) is 2. The lowest BCUT2D eigenvalue weighted by Crippen LogP contribution is -2.40. The number of primary amides is 2. The lowest BCUT2D eigenvalue weighted by molar-refractivity contribution is -0.384. The molecule has 512 valence electrons. The number of ether oxygens (including phenoxy) is 6. The number of aliphatic hydroxyl groups excluding tert-OH is 1. The van der Waals surface area contributed by atoms with Gasteiger partial charge in [0.25, 0.3) is 5.69 Å². The molecule has 6 aliphatic heterocycles. The van der Waals surface area contributed by atoms with Gasteiger partial charge >= 0.3 is 15.5 Å². The highest BCUT2D eigenvalue weighted by atomic mass is 32.2. The number of nitrogens with one attached hydrogen (secondary N) is 2. The Balaban J connectivity index is 0.000000232. The van der Waals surface area contributed by atoms with E-state index >= 15 is 0 Å². The molecule has 7 N–H and O–H groups in total. The molecule has 0 aliphatic carbocycles. The summed E-state index contributed by atoms with van der Waals surface area (Å²) in [6.45, 7) is 18.6. The minimum Gasteiger partial charge on any atom is -0.413 e. The van der Waals surface area contributed by atoms with Crippen LogP contribution in [0, 0.1) is 20.9 Å². The van der Waals surface area contributed by atoms with Crippen LogP contribution < -0.4 is 26.2 Å². The number of thioether (sulfide) groups is 2. The smallest absolute Gasteiger partial charge is 0.413 e. The molecule has 9 rings (SSSR count). The van der Waals surface area contributed by atoms with Crippen molar-refractivity contribution < 1.29 is 84.9 Å². The van der Waals surface area contributed by atoms with Crippen LogP contribution in [0.2, 0.25) is 0 Å². The monoisotopic (exact) mass is 1370 g/mol. The van der Waals surface area contributed by atoms with Crippen LogP contribution in [0.25, 0.3) is 0 Å². The molecule has 4 saturated heterocycles. The van der Waals surface area contributed by atoms with Crippen molar-refractivity contribution >= 4 is 66.7 Å². The number of amides is 2. The minimum atomic E-state index is -3.83. The molecule has 26 nitrogen and oxygen atoms in total. The van der Waals surface area contributed by atoms with E-state index in [1.54, 1.807) is 28.4 Å². The third-order valence-corrected chi connectivity index (χ3v) is 19.8. The molecule has 2 amide bonds. The van der Waals surface area contributed by atoms with Crippen LogP contribution in [-0.4, -0.2) is 140 Å². The Morgan fingerprint density at radius 1 is 0.645 bits per heavy atom. The van der Waals surface area contributed by atoms with Gasteiger partial charge in [-0.3, -0.25) is 42.9 Å². The van der Waals surface area contributed by atoms with Crippen LogP contribution in [0.3, 0.4) is 0 Å². The highest BCUT2D eigenvalue weighted by molar-refractivity contribution is 8.14. The van der Waals surface area contributed by atoms with Gasteiger partial charge in [0.1, 0.15) is 42.4 Å². The SMILES string of the molecule is C.CC(C)(C)C(=O)SCCOP(=O)(NCc1ccccc1)Oc1ccc([N+](=O)[O-])cc1.CC1(C)OC2C(CO)OC(N3C=CCC(C(N)=O)=C3)C2O1.CC1(C)OC2C(COP(=O)(NCc3ccccc3)OCCSC(=O)C(C)(C)C)OC(N3C=CCC(C(N)=O)=C3)C2O1. The summed E-state index contributed by atoms with van der Waals surface area (Å²) < 4.78 is 85.9. The van der Waals surface area contributed by atoms with Crippen molar-refractivity contribution in [3.8, 4) is 5.75 Å². The third-order valence-electron chi connectivity index (χ3n) is 14.2.